The highest BCUT2D eigenvalue weighted by Crippen LogP contribution is 2.47. The minimum atomic E-state index is -0.920. The summed E-state index contributed by atoms with van der Waals surface area (Å²) < 4.78 is 5.12. The van der Waals surface area contributed by atoms with Crippen LogP contribution in [0.3, 0.4) is 0 Å². The number of ether oxygens (including phenoxy) is 1. The molecule has 2 rings (SSSR count). The van der Waals surface area contributed by atoms with Crippen LogP contribution in [0.15, 0.2) is 24.3 Å². The molecule has 0 atom stereocenters. The van der Waals surface area contributed by atoms with Crippen LogP contribution < -0.4 is 15.4 Å². The van der Waals surface area contributed by atoms with Gasteiger partial charge in [-0.15, -0.1) is 0 Å². The van der Waals surface area contributed by atoms with Gasteiger partial charge in [0.15, 0.2) is 0 Å². The average Bonchev–Trinajstić information content (AvgIpc) is 3.18. The lowest BCUT2D eigenvalue weighted by Crippen LogP contribution is -2.48. The number of methoxy groups -OCH3 is 1. The third kappa shape index (κ3) is 3.54. The average molecular weight is 290 g/mol. The standard InChI is InChI=1S/C16H22N2O3/c1-15(2,3)18-14(20)16(8-9-16)13(19)17-11-6-5-7-12(10-11)21-4/h5-7,10H,8-9H2,1-4H3,(H,17,19)(H,18,20). The van der Waals surface area contributed by atoms with Gasteiger partial charge in [-0.2, -0.15) is 0 Å². The molecule has 1 aliphatic carbocycles. The molecule has 21 heavy (non-hydrogen) atoms. The smallest absolute Gasteiger partial charge is 0.240 e. The predicted octanol–water partition coefficient (Wildman–Crippen LogP) is 2.33. The fourth-order valence-electron chi connectivity index (χ4n) is 2.09. The van der Waals surface area contributed by atoms with Gasteiger partial charge in [0.05, 0.1) is 7.11 Å². The minimum Gasteiger partial charge on any atom is -0.497 e. The maximum Gasteiger partial charge on any atom is 0.240 e. The van der Waals surface area contributed by atoms with Crippen LogP contribution in [-0.2, 0) is 9.59 Å². The van der Waals surface area contributed by atoms with E-state index in [-0.39, 0.29) is 17.4 Å². The van der Waals surface area contributed by atoms with Gasteiger partial charge in [0.25, 0.3) is 0 Å². The van der Waals surface area contributed by atoms with E-state index in [1.54, 1.807) is 31.4 Å². The Morgan fingerprint density at radius 3 is 2.38 bits per heavy atom. The van der Waals surface area contributed by atoms with Crippen molar-refractivity contribution in [2.75, 3.05) is 12.4 Å². The van der Waals surface area contributed by atoms with Gasteiger partial charge in [0.2, 0.25) is 11.8 Å². The molecule has 1 saturated carbocycles. The number of hydrogen-bond acceptors (Lipinski definition) is 3. The Labute approximate surface area is 125 Å². The Bertz CT molecular complexity index is 557. The van der Waals surface area contributed by atoms with E-state index >= 15 is 0 Å². The zero-order chi connectivity index (χ0) is 15.7. The summed E-state index contributed by atoms with van der Waals surface area (Å²) in [5.74, 6) is 0.213. The van der Waals surface area contributed by atoms with Crippen LogP contribution in [-0.4, -0.2) is 24.5 Å². The third-order valence-corrected chi connectivity index (χ3v) is 3.44. The molecule has 0 radical (unpaired) electrons. The van der Waals surface area contributed by atoms with E-state index in [4.69, 9.17) is 4.74 Å². The van der Waals surface area contributed by atoms with Crippen LogP contribution in [0.5, 0.6) is 5.75 Å². The van der Waals surface area contributed by atoms with Gasteiger partial charge in [-0.1, -0.05) is 6.07 Å². The van der Waals surface area contributed by atoms with Gasteiger partial charge >= 0.3 is 0 Å². The molecular formula is C16H22N2O3. The lowest BCUT2D eigenvalue weighted by atomic mass is 10.0. The van der Waals surface area contributed by atoms with Crippen LogP contribution >= 0.6 is 0 Å². The highest BCUT2D eigenvalue weighted by atomic mass is 16.5. The first-order valence-corrected chi connectivity index (χ1v) is 7.05. The summed E-state index contributed by atoms with van der Waals surface area (Å²) in [7, 11) is 1.57. The quantitative estimate of drug-likeness (QED) is 0.836. The van der Waals surface area contributed by atoms with E-state index in [0.717, 1.165) is 0 Å². The number of hydrogen-bond donors (Lipinski definition) is 2. The minimum absolute atomic E-state index is 0.199. The molecule has 5 heteroatoms. The van der Waals surface area contributed by atoms with Crippen LogP contribution in [0.25, 0.3) is 0 Å². The molecule has 1 aliphatic rings. The summed E-state index contributed by atoms with van der Waals surface area (Å²) in [5, 5.41) is 5.69. The second-order valence-electron chi connectivity index (χ2n) is 6.47. The number of carbonyl (C=O) groups excluding carboxylic acids is 2. The third-order valence-electron chi connectivity index (χ3n) is 3.44. The first kappa shape index (κ1) is 15.4. The summed E-state index contributed by atoms with van der Waals surface area (Å²) in [6.07, 6.45) is 1.18. The summed E-state index contributed by atoms with van der Waals surface area (Å²) in [4.78, 5) is 24.7. The molecule has 0 saturated heterocycles. The van der Waals surface area contributed by atoms with Crippen molar-refractivity contribution in [3.63, 3.8) is 0 Å². The summed E-state index contributed by atoms with van der Waals surface area (Å²) in [6.45, 7) is 5.71. The van der Waals surface area contributed by atoms with Crippen molar-refractivity contribution in [1.82, 2.24) is 5.32 Å². The molecule has 0 bridgehead atoms. The number of amides is 2. The molecule has 0 aromatic heterocycles. The van der Waals surface area contributed by atoms with Crippen LogP contribution in [0.1, 0.15) is 33.6 Å². The first-order chi connectivity index (χ1) is 9.77. The molecule has 114 valence electrons. The van der Waals surface area contributed by atoms with E-state index in [9.17, 15) is 9.59 Å². The van der Waals surface area contributed by atoms with E-state index in [1.807, 2.05) is 20.8 Å². The molecule has 5 nitrogen and oxygen atoms in total. The molecule has 0 aliphatic heterocycles. The lowest BCUT2D eigenvalue weighted by molar-refractivity contribution is -0.135. The van der Waals surface area contributed by atoms with Gasteiger partial charge in [-0.05, 0) is 45.7 Å². The summed E-state index contributed by atoms with van der Waals surface area (Å²) in [6, 6.07) is 7.10. The maximum atomic E-state index is 12.4. The summed E-state index contributed by atoms with van der Waals surface area (Å²) in [5.41, 5.74) is -0.631. The van der Waals surface area contributed by atoms with Gasteiger partial charge < -0.3 is 15.4 Å². The fraction of sp³-hybridized carbons (Fsp3) is 0.500. The van der Waals surface area contributed by atoms with Crippen LogP contribution in [0.4, 0.5) is 5.69 Å². The molecule has 1 fully saturated rings. The van der Waals surface area contributed by atoms with Crippen molar-refractivity contribution in [2.24, 2.45) is 5.41 Å². The number of rotatable bonds is 4. The van der Waals surface area contributed by atoms with Crippen molar-refractivity contribution >= 4 is 17.5 Å². The Balaban J connectivity index is 2.07. The van der Waals surface area contributed by atoms with E-state index < -0.39 is 5.41 Å². The number of benzene rings is 1. The van der Waals surface area contributed by atoms with E-state index in [0.29, 0.717) is 24.3 Å². The zero-order valence-electron chi connectivity index (χ0n) is 12.9. The van der Waals surface area contributed by atoms with Crippen molar-refractivity contribution < 1.29 is 14.3 Å². The fourth-order valence-corrected chi connectivity index (χ4v) is 2.09. The highest BCUT2D eigenvalue weighted by Gasteiger charge is 2.57. The van der Waals surface area contributed by atoms with Crippen molar-refractivity contribution in [2.45, 2.75) is 39.2 Å². The normalized spacial score (nSPS) is 16.0. The van der Waals surface area contributed by atoms with Gasteiger partial charge in [0.1, 0.15) is 11.2 Å². The van der Waals surface area contributed by atoms with Crippen molar-refractivity contribution in [3.05, 3.63) is 24.3 Å². The topological polar surface area (TPSA) is 67.4 Å². The Hall–Kier alpha value is -2.04. The van der Waals surface area contributed by atoms with Gasteiger partial charge in [-0.3, -0.25) is 9.59 Å². The largest absolute Gasteiger partial charge is 0.497 e. The molecule has 0 spiro atoms. The van der Waals surface area contributed by atoms with E-state index in [2.05, 4.69) is 10.6 Å². The van der Waals surface area contributed by atoms with Crippen molar-refractivity contribution in [3.8, 4) is 5.75 Å². The number of nitrogens with one attached hydrogen (secondary N) is 2. The molecule has 2 N–H and O–H groups in total. The monoisotopic (exact) mass is 290 g/mol. The Morgan fingerprint density at radius 1 is 1.19 bits per heavy atom. The molecule has 2 amide bonds. The van der Waals surface area contributed by atoms with Crippen LogP contribution in [0.2, 0.25) is 0 Å². The number of carbonyl (C=O) groups is 2. The lowest BCUT2D eigenvalue weighted by Gasteiger charge is -2.24. The number of anilines is 1. The molecule has 0 unspecified atom stereocenters. The second kappa shape index (κ2) is 5.39. The molecular weight excluding hydrogens is 268 g/mol. The second-order valence-corrected chi connectivity index (χ2v) is 6.47. The predicted molar refractivity (Wildman–Crippen MR) is 81.2 cm³/mol. The molecule has 1 aromatic rings. The summed E-state index contributed by atoms with van der Waals surface area (Å²) >= 11 is 0. The highest BCUT2D eigenvalue weighted by molar-refractivity contribution is 6.13. The first-order valence-electron chi connectivity index (χ1n) is 7.05. The van der Waals surface area contributed by atoms with Crippen LogP contribution in [0, 0.1) is 5.41 Å². The maximum absolute atomic E-state index is 12.4. The zero-order valence-corrected chi connectivity index (χ0v) is 12.9. The Morgan fingerprint density at radius 2 is 1.86 bits per heavy atom. The molecule has 0 heterocycles. The Kier molecular flexibility index (Phi) is 3.94. The van der Waals surface area contributed by atoms with Gasteiger partial charge in [-0.25, -0.2) is 0 Å². The van der Waals surface area contributed by atoms with Crippen molar-refractivity contribution in [1.29, 1.82) is 0 Å². The molecule has 1 aromatic carbocycles. The SMILES string of the molecule is COc1cccc(NC(=O)C2(C(=O)NC(C)(C)C)CC2)c1. The van der Waals surface area contributed by atoms with E-state index in [1.165, 1.54) is 0 Å². The van der Waals surface area contributed by atoms with Gasteiger partial charge in [0, 0.05) is 17.3 Å².